The van der Waals surface area contributed by atoms with Crippen LogP contribution >= 0.6 is 0 Å². The van der Waals surface area contributed by atoms with E-state index in [1.807, 2.05) is 6.07 Å². The first kappa shape index (κ1) is 17.0. The molecular formula is C19H20N6O2. The minimum Gasteiger partial charge on any atom is -0.472 e. The minimum atomic E-state index is -0.227. The van der Waals surface area contributed by atoms with Gasteiger partial charge in [0.2, 0.25) is 0 Å². The number of rotatable bonds is 3. The van der Waals surface area contributed by atoms with E-state index in [1.54, 1.807) is 53.2 Å². The molecule has 8 heteroatoms. The summed E-state index contributed by atoms with van der Waals surface area (Å²) in [4.78, 5) is 17.1. The summed E-state index contributed by atoms with van der Waals surface area (Å²) in [5.41, 5.74) is 3.34. The number of fused-ring (bicyclic) bond motifs is 1. The number of furan rings is 1. The first-order chi connectivity index (χ1) is 12.8. The Kier molecular flexibility index (Phi) is 3.83. The van der Waals surface area contributed by atoms with Crippen molar-refractivity contribution in [2.75, 3.05) is 5.32 Å². The number of amides is 1. The Morgan fingerprint density at radius 1 is 1.19 bits per heavy atom. The Bertz CT molecular complexity index is 1120. The molecule has 0 fully saturated rings. The first-order valence-electron chi connectivity index (χ1n) is 8.56. The van der Waals surface area contributed by atoms with Gasteiger partial charge in [-0.2, -0.15) is 5.10 Å². The van der Waals surface area contributed by atoms with Crippen LogP contribution in [0.15, 0.2) is 47.4 Å². The molecule has 4 aromatic heterocycles. The van der Waals surface area contributed by atoms with E-state index in [2.05, 4.69) is 41.3 Å². The minimum absolute atomic E-state index is 0.126. The van der Waals surface area contributed by atoms with Crippen molar-refractivity contribution in [2.24, 2.45) is 7.05 Å². The van der Waals surface area contributed by atoms with Crippen LogP contribution in [-0.4, -0.2) is 30.3 Å². The summed E-state index contributed by atoms with van der Waals surface area (Å²) in [5, 5.41) is 11.8. The number of nitrogens with one attached hydrogen (secondary N) is 1. The first-order valence-corrected chi connectivity index (χ1v) is 8.56. The lowest BCUT2D eigenvalue weighted by Gasteiger charge is -2.13. The third kappa shape index (κ3) is 3.21. The summed E-state index contributed by atoms with van der Waals surface area (Å²) in [7, 11) is 1.77. The topological polar surface area (TPSA) is 90.2 Å². The molecule has 1 N–H and O–H groups in total. The van der Waals surface area contributed by atoms with Gasteiger partial charge in [-0.25, -0.2) is 9.50 Å². The van der Waals surface area contributed by atoms with Crippen LogP contribution < -0.4 is 5.32 Å². The quantitative estimate of drug-likeness (QED) is 0.602. The van der Waals surface area contributed by atoms with Gasteiger partial charge in [0.25, 0.3) is 5.91 Å². The number of carbonyl (C=O) groups is 1. The van der Waals surface area contributed by atoms with Gasteiger partial charge in [-0.3, -0.25) is 9.48 Å². The molecule has 0 atom stereocenters. The van der Waals surface area contributed by atoms with Gasteiger partial charge in [-0.1, -0.05) is 20.8 Å². The molecule has 0 aliphatic carbocycles. The average molecular weight is 364 g/mol. The van der Waals surface area contributed by atoms with E-state index in [0.717, 1.165) is 11.3 Å². The van der Waals surface area contributed by atoms with Crippen LogP contribution in [0.2, 0.25) is 0 Å². The highest BCUT2D eigenvalue weighted by molar-refractivity contribution is 6.03. The fourth-order valence-electron chi connectivity index (χ4n) is 2.71. The number of aryl methyl sites for hydroxylation is 1. The molecule has 27 heavy (non-hydrogen) atoms. The standard InChI is InChI=1S/C19H20N6O2/c1-19(2,3)15-9-14(24(4)22-15)18(26)20-13-5-6-16-21-17(23-25(16)10-13)12-7-8-27-11-12/h5-11H,1-4H3,(H,20,26). The van der Waals surface area contributed by atoms with Gasteiger partial charge in [-0.05, 0) is 24.3 Å². The second kappa shape index (κ2) is 6.08. The number of pyridine rings is 1. The van der Waals surface area contributed by atoms with Crippen LogP contribution in [0.4, 0.5) is 5.69 Å². The highest BCUT2D eigenvalue weighted by Gasteiger charge is 2.22. The molecular weight excluding hydrogens is 344 g/mol. The molecule has 0 spiro atoms. The highest BCUT2D eigenvalue weighted by atomic mass is 16.3. The van der Waals surface area contributed by atoms with Crippen LogP contribution in [0.25, 0.3) is 17.0 Å². The van der Waals surface area contributed by atoms with E-state index < -0.39 is 0 Å². The zero-order chi connectivity index (χ0) is 19.2. The highest BCUT2D eigenvalue weighted by Crippen LogP contribution is 2.22. The number of nitrogens with zero attached hydrogens (tertiary/aromatic N) is 5. The molecule has 1 amide bonds. The van der Waals surface area contributed by atoms with Gasteiger partial charge in [-0.15, -0.1) is 5.10 Å². The lowest BCUT2D eigenvalue weighted by Crippen LogP contribution is -2.16. The van der Waals surface area contributed by atoms with E-state index in [4.69, 9.17) is 4.42 Å². The van der Waals surface area contributed by atoms with Crippen molar-refractivity contribution in [2.45, 2.75) is 26.2 Å². The van der Waals surface area contributed by atoms with E-state index in [9.17, 15) is 4.79 Å². The van der Waals surface area contributed by atoms with Gasteiger partial charge in [0.1, 0.15) is 12.0 Å². The molecule has 138 valence electrons. The molecule has 4 aromatic rings. The van der Waals surface area contributed by atoms with Gasteiger partial charge >= 0.3 is 0 Å². The molecule has 0 saturated heterocycles. The molecule has 4 rings (SSSR count). The summed E-state index contributed by atoms with van der Waals surface area (Å²) in [6.07, 6.45) is 4.89. The molecule has 0 saturated carbocycles. The van der Waals surface area contributed by atoms with Crippen molar-refractivity contribution in [3.63, 3.8) is 0 Å². The van der Waals surface area contributed by atoms with E-state index in [0.29, 0.717) is 22.9 Å². The Hall–Kier alpha value is -3.42. The normalized spacial score (nSPS) is 11.9. The molecule has 8 nitrogen and oxygen atoms in total. The summed E-state index contributed by atoms with van der Waals surface area (Å²) < 4.78 is 8.30. The monoisotopic (exact) mass is 364 g/mol. The molecule has 0 aliphatic heterocycles. The van der Waals surface area contributed by atoms with Crippen LogP contribution in [0.1, 0.15) is 37.0 Å². The Morgan fingerprint density at radius 3 is 2.67 bits per heavy atom. The zero-order valence-electron chi connectivity index (χ0n) is 15.6. The fourth-order valence-corrected chi connectivity index (χ4v) is 2.71. The number of carbonyl (C=O) groups excluding carboxylic acids is 1. The predicted octanol–water partition coefficient (Wildman–Crippen LogP) is 3.27. The maximum Gasteiger partial charge on any atom is 0.273 e. The van der Waals surface area contributed by atoms with Gasteiger partial charge in [0.05, 0.1) is 29.4 Å². The number of aromatic nitrogens is 5. The zero-order valence-corrected chi connectivity index (χ0v) is 15.6. The Morgan fingerprint density at radius 2 is 2.00 bits per heavy atom. The Labute approximate surface area is 155 Å². The molecule has 0 aromatic carbocycles. The summed E-state index contributed by atoms with van der Waals surface area (Å²) in [5.74, 6) is 0.337. The van der Waals surface area contributed by atoms with Gasteiger partial charge in [0.15, 0.2) is 11.5 Å². The van der Waals surface area contributed by atoms with Gasteiger partial charge in [0, 0.05) is 12.5 Å². The number of hydrogen-bond acceptors (Lipinski definition) is 5. The third-order valence-electron chi connectivity index (χ3n) is 4.25. The maximum absolute atomic E-state index is 12.7. The van der Waals surface area contributed by atoms with E-state index in [-0.39, 0.29) is 11.3 Å². The van der Waals surface area contributed by atoms with Crippen molar-refractivity contribution in [3.8, 4) is 11.4 Å². The fraction of sp³-hybridized carbons (Fsp3) is 0.263. The second-order valence-electron chi connectivity index (χ2n) is 7.41. The second-order valence-corrected chi connectivity index (χ2v) is 7.41. The van der Waals surface area contributed by atoms with Crippen LogP contribution in [0.5, 0.6) is 0 Å². The molecule has 4 heterocycles. The summed E-state index contributed by atoms with van der Waals surface area (Å²) in [6, 6.07) is 7.21. The maximum atomic E-state index is 12.7. The SMILES string of the molecule is Cn1nc(C(C)(C)C)cc1C(=O)Nc1ccc2nc(-c3ccoc3)nn2c1. The molecule has 0 bridgehead atoms. The lowest BCUT2D eigenvalue weighted by molar-refractivity contribution is 0.101. The summed E-state index contributed by atoms with van der Waals surface area (Å²) in [6.45, 7) is 6.19. The number of hydrogen-bond donors (Lipinski definition) is 1. The summed E-state index contributed by atoms with van der Waals surface area (Å²) >= 11 is 0. The van der Waals surface area contributed by atoms with Crippen molar-refractivity contribution in [3.05, 3.63) is 54.4 Å². The van der Waals surface area contributed by atoms with Crippen molar-refractivity contribution in [1.29, 1.82) is 0 Å². The lowest BCUT2D eigenvalue weighted by atomic mass is 9.92. The van der Waals surface area contributed by atoms with Crippen LogP contribution in [0, 0.1) is 0 Å². The van der Waals surface area contributed by atoms with Gasteiger partial charge < -0.3 is 9.73 Å². The number of anilines is 1. The smallest absolute Gasteiger partial charge is 0.273 e. The van der Waals surface area contributed by atoms with E-state index in [1.165, 1.54) is 0 Å². The predicted molar refractivity (Wildman–Crippen MR) is 101 cm³/mol. The van der Waals surface area contributed by atoms with Crippen molar-refractivity contribution in [1.82, 2.24) is 24.4 Å². The molecule has 0 unspecified atom stereocenters. The largest absolute Gasteiger partial charge is 0.472 e. The third-order valence-corrected chi connectivity index (χ3v) is 4.25. The molecule has 0 aliphatic rings. The van der Waals surface area contributed by atoms with E-state index >= 15 is 0 Å². The van der Waals surface area contributed by atoms with Crippen molar-refractivity contribution < 1.29 is 9.21 Å². The van der Waals surface area contributed by atoms with Crippen LogP contribution in [-0.2, 0) is 12.5 Å². The molecule has 0 radical (unpaired) electrons. The van der Waals surface area contributed by atoms with Crippen LogP contribution in [0.3, 0.4) is 0 Å². The Balaban J connectivity index is 1.60. The average Bonchev–Trinajstić information content (AvgIpc) is 3.32. The van der Waals surface area contributed by atoms with Crippen molar-refractivity contribution >= 4 is 17.2 Å².